The van der Waals surface area contributed by atoms with E-state index >= 15 is 0 Å². The van der Waals surface area contributed by atoms with E-state index in [1.165, 1.54) is 19.2 Å². The molecule has 2 rings (SSSR count). The second-order valence-corrected chi connectivity index (χ2v) is 5.99. The molecule has 2 aromatic rings. The third-order valence-electron chi connectivity index (χ3n) is 3.79. The minimum absolute atomic E-state index is 0.0175. The number of rotatable bonds is 8. The zero-order chi connectivity index (χ0) is 19.1. The molecule has 0 unspecified atom stereocenters. The summed E-state index contributed by atoms with van der Waals surface area (Å²) in [4.78, 5) is 35.4. The van der Waals surface area contributed by atoms with Gasteiger partial charge in [0.15, 0.2) is 5.78 Å². The molecule has 0 radical (unpaired) electrons. The quantitative estimate of drug-likeness (QED) is 0.708. The van der Waals surface area contributed by atoms with Crippen LogP contribution in [-0.2, 0) is 16.1 Å². The van der Waals surface area contributed by atoms with Crippen LogP contribution in [0.4, 0.5) is 5.69 Å². The van der Waals surface area contributed by atoms with Gasteiger partial charge in [0.25, 0.3) is 0 Å². The van der Waals surface area contributed by atoms with Gasteiger partial charge in [-0.2, -0.15) is 0 Å². The van der Waals surface area contributed by atoms with Gasteiger partial charge in [0.2, 0.25) is 5.91 Å². The van der Waals surface area contributed by atoms with E-state index in [9.17, 15) is 14.4 Å². The van der Waals surface area contributed by atoms with Crippen molar-refractivity contribution in [3.05, 3.63) is 64.7 Å². The van der Waals surface area contributed by atoms with Crippen LogP contribution in [0.25, 0.3) is 0 Å². The van der Waals surface area contributed by atoms with Crippen LogP contribution in [-0.4, -0.2) is 29.9 Å². The van der Waals surface area contributed by atoms with E-state index in [-0.39, 0.29) is 36.7 Å². The number of methoxy groups -OCH3 is 1. The predicted octanol–water partition coefficient (Wildman–Crippen LogP) is 3.44. The molecule has 0 saturated carbocycles. The summed E-state index contributed by atoms with van der Waals surface area (Å²) >= 11 is 0. The molecule has 6 heteroatoms. The summed E-state index contributed by atoms with van der Waals surface area (Å²) in [6, 6.07) is 11.7. The van der Waals surface area contributed by atoms with Crippen molar-refractivity contribution in [2.75, 3.05) is 12.4 Å². The molecular weight excluding hydrogens is 334 g/mol. The number of aromatic carboxylic acids is 1. The number of carbonyl (C=O) groups is 3. The number of amides is 1. The van der Waals surface area contributed by atoms with E-state index in [0.717, 1.165) is 5.56 Å². The van der Waals surface area contributed by atoms with Crippen LogP contribution in [0.3, 0.4) is 0 Å². The van der Waals surface area contributed by atoms with Crippen molar-refractivity contribution in [2.24, 2.45) is 0 Å². The van der Waals surface area contributed by atoms with Crippen molar-refractivity contribution in [1.29, 1.82) is 0 Å². The average Bonchev–Trinajstić information content (AvgIpc) is 2.60. The van der Waals surface area contributed by atoms with Crippen molar-refractivity contribution >= 4 is 23.3 Å². The SMILES string of the molecule is COCc1cc(NC(=O)CCC(=O)c2ccc(C)cc2)cc(C(=O)O)c1. The van der Waals surface area contributed by atoms with Crippen LogP contribution >= 0.6 is 0 Å². The van der Waals surface area contributed by atoms with Gasteiger partial charge in [-0.25, -0.2) is 4.79 Å². The molecule has 0 atom stereocenters. The van der Waals surface area contributed by atoms with Crippen LogP contribution in [0.2, 0.25) is 0 Å². The fourth-order valence-electron chi connectivity index (χ4n) is 2.47. The molecule has 0 saturated heterocycles. The van der Waals surface area contributed by atoms with E-state index in [0.29, 0.717) is 16.8 Å². The third kappa shape index (κ3) is 5.53. The van der Waals surface area contributed by atoms with Gasteiger partial charge < -0.3 is 15.2 Å². The van der Waals surface area contributed by atoms with Crippen molar-refractivity contribution in [3.63, 3.8) is 0 Å². The molecule has 0 heterocycles. The second-order valence-electron chi connectivity index (χ2n) is 5.99. The summed E-state index contributed by atoms with van der Waals surface area (Å²) < 4.78 is 5.01. The third-order valence-corrected chi connectivity index (χ3v) is 3.79. The van der Waals surface area contributed by atoms with E-state index < -0.39 is 5.97 Å². The van der Waals surface area contributed by atoms with Crippen molar-refractivity contribution in [3.8, 4) is 0 Å². The molecule has 0 aliphatic carbocycles. The van der Waals surface area contributed by atoms with Crippen LogP contribution < -0.4 is 5.32 Å². The summed E-state index contributed by atoms with van der Waals surface area (Å²) in [6.45, 7) is 2.17. The van der Waals surface area contributed by atoms with E-state index in [2.05, 4.69) is 5.32 Å². The molecule has 0 spiro atoms. The average molecular weight is 355 g/mol. The highest BCUT2D eigenvalue weighted by atomic mass is 16.5. The number of ketones is 1. The van der Waals surface area contributed by atoms with Gasteiger partial charge in [0.05, 0.1) is 12.2 Å². The highest BCUT2D eigenvalue weighted by Crippen LogP contribution is 2.17. The maximum Gasteiger partial charge on any atom is 0.335 e. The Balaban J connectivity index is 1.99. The maximum absolute atomic E-state index is 12.1. The second kappa shape index (κ2) is 8.92. The minimum Gasteiger partial charge on any atom is -0.478 e. The Kier molecular flexibility index (Phi) is 6.63. The number of benzene rings is 2. The minimum atomic E-state index is -1.09. The molecule has 0 aliphatic rings. The first-order valence-corrected chi connectivity index (χ1v) is 8.15. The number of carboxylic acid groups (broad SMARTS) is 1. The summed E-state index contributed by atoms with van der Waals surface area (Å²) in [5.41, 5.74) is 2.69. The first kappa shape index (κ1) is 19.3. The van der Waals surface area contributed by atoms with Gasteiger partial charge in [0.1, 0.15) is 0 Å². The Hall–Kier alpha value is -2.99. The van der Waals surface area contributed by atoms with E-state index in [1.54, 1.807) is 18.2 Å². The topological polar surface area (TPSA) is 92.7 Å². The number of carboxylic acids is 1. The monoisotopic (exact) mass is 355 g/mol. The molecule has 1 amide bonds. The molecule has 0 aromatic heterocycles. The first-order valence-electron chi connectivity index (χ1n) is 8.15. The number of hydrogen-bond donors (Lipinski definition) is 2. The maximum atomic E-state index is 12.1. The van der Waals surface area contributed by atoms with Gasteiger partial charge in [-0.15, -0.1) is 0 Å². The van der Waals surface area contributed by atoms with Crippen LogP contribution in [0.15, 0.2) is 42.5 Å². The van der Waals surface area contributed by atoms with E-state index in [4.69, 9.17) is 9.84 Å². The smallest absolute Gasteiger partial charge is 0.335 e. The summed E-state index contributed by atoms with van der Waals surface area (Å²) in [7, 11) is 1.50. The standard InChI is InChI=1S/C20H21NO5/c1-13-3-5-15(6-4-13)18(22)7-8-19(23)21-17-10-14(12-26-2)9-16(11-17)20(24)25/h3-6,9-11H,7-8,12H2,1-2H3,(H,21,23)(H,24,25). The van der Waals surface area contributed by atoms with E-state index in [1.807, 2.05) is 19.1 Å². The van der Waals surface area contributed by atoms with Crippen molar-refractivity contribution in [1.82, 2.24) is 0 Å². The molecule has 26 heavy (non-hydrogen) atoms. The molecule has 0 bridgehead atoms. The highest BCUT2D eigenvalue weighted by Gasteiger charge is 2.12. The molecule has 6 nitrogen and oxygen atoms in total. The largest absolute Gasteiger partial charge is 0.478 e. The molecule has 0 aliphatic heterocycles. The lowest BCUT2D eigenvalue weighted by Gasteiger charge is -2.09. The molecule has 0 fully saturated rings. The van der Waals surface area contributed by atoms with Gasteiger partial charge in [-0.3, -0.25) is 9.59 Å². The number of anilines is 1. The lowest BCUT2D eigenvalue weighted by atomic mass is 10.0. The molecular formula is C20H21NO5. The molecule has 136 valence electrons. The Morgan fingerprint density at radius 2 is 1.69 bits per heavy atom. The van der Waals surface area contributed by atoms with Gasteiger partial charge in [-0.1, -0.05) is 29.8 Å². The van der Waals surface area contributed by atoms with Gasteiger partial charge >= 0.3 is 5.97 Å². The highest BCUT2D eigenvalue weighted by molar-refractivity contribution is 6.00. The number of aryl methyl sites for hydroxylation is 1. The Bertz CT molecular complexity index is 811. The number of hydrogen-bond acceptors (Lipinski definition) is 4. The fraction of sp³-hybridized carbons (Fsp3) is 0.250. The Labute approximate surface area is 151 Å². The summed E-state index contributed by atoms with van der Waals surface area (Å²) in [5, 5.41) is 11.8. The van der Waals surface area contributed by atoms with Crippen LogP contribution in [0.1, 0.15) is 44.7 Å². The van der Waals surface area contributed by atoms with Crippen molar-refractivity contribution in [2.45, 2.75) is 26.4 Å². The number of Topliss-reactive ketones (excluding diaryl/α,β-unsaturated/α-hetero) is 1. The fourth-order valence-corrected chi connectivity index (χ4v) is 2.47. The van der Waals surface area contributed by atoms with Gasteiger partial charge in [0, 0.05) is 31.2 Å². The summed E-state index contributed by atoms with van der Waals surface area (Å²) in [6.07, 6.45) is 0.0993. The normalized spacial score (nSPS) is 10.4. The number of nitrogens with one attached hydrogen (secondary N) is 1. The lowest BCUT2D eigenvalue weighted by Crippen LogP contribution is -2.14. The molecule has 2 N–H and O–H groups in total. The van der Waals surface area contributed by atoms with Crippen LogP contribution in [0, 0.1) is 6.92 Å². The van der Waals surface area contributed by atoms with Crippen LogP contribution in [0.5, 0.6) is 0 Å². The zero-order valence-electron chi connectivity index (χ0n) is 14.7. The Morgan fingerprint density at radius 3 is 2.31 bits per heavy atom. The first-order chi connectivity index (χ1) is 12.4. The lowest BCUT2D eigenvalue weighted by molar-refractivity contribution is -0.116. The van der Waals surface area contributed by atoms with Crippen molar-refractivity contribution < 1.29 is 24.2 Å². The number of ether oxygens (including phenoxy) is 1. The molecule has 2 aromatic carbocycles. The predicted molar refractivity (Wildman–Crippen MR) is 97.5 cm³/mol. The zero-order valence-corrected chi connectivity index (χ0v) is 14.7. The summed E-state index contributed by atoms with van der Waals surface area (Å²) in [5.74, 6) is -1.55. The number of carbonyl (C=O) groups excluding carboxylic acids is 2. The van der Waals surface area contributed by atoms with Gasteiger partial charge in [-0.05, 0) is 30.7 Å². The Morgan fingerprint density at radius 1 is 1.00 bits per heavy atom.